The van der Waals surface area contributed by atoms with Crippen molar-refractivity contribution in [1.29, 1.82) is 0 Å². The summed E-state index contributed by atoms with van der Waals surface area (Å²) in [5.41, 5.74) is 0.904. The first-order valence-electron chi connectivity index (χ1n) is 6.71. The second-order valence-corrected chi connectivity index (χ2v) is 6.18. The molecule has 1 aliphatic rings. The minimum absolute atomic E-state index is 0.0110. The third-order valence-electron chi connectivity index (χ3n) is 3.57. The summed E-state index contributed by atoms with van der Waals surface area (Å²) in [6.45, 7) is 0.434. The fraction of sp³-hybridized carbons (Fsp3) is 0.333. The lowest BCUT2D eigenvalue weighted by Crippen LogP contribution is -2.31. The number of nitrogens with zero attached hydrogens (tertiary/aromatic N) is 1. The van der Waals surface area contributed by atoms with Gasteiger partial charge in [0.25, 0.3) is 0 Å². The highest BCUT2D eigenvalue weighted by Gasteiger charge is 2.30. The SMILES string of the molecule is O=C(O)CN(Cc1cc(=O)oc2cc(Br)ccc12)C1CC1. The number of carbonyl (C=O) groups is 1. The van der Waals surface area contributed by atoms with E-state index in [0.717, 1.165) is 28.3 Å². The van der Waals surface area contributed by atoms with Crippen LogP contribution in [-0.2, 0) is 11.3 Å². The smallest absolute Gasteiger partial charge is 0.336 e. The van der Waals surface area contributed by atoms with Gasteiger partial charge < -0.3 is 9.52 Å². The van der Waals surface area contributed by atoms with Gasteiger partial charge in [0, 0.05) is 28.5 Å². The monoisotopic (exact) mass is 351 g/mol. The molecule has 5 nitrogen and oxygen atoms in total. The molecule has 0 saturated heterocycles. The first kappa shape index (κ1) is 14.3. The molecule has 0 radical (unpaired) electrons. The van der Waals surface area contributed by atoms with E-state index in [9.17, 15) is 9.59 Å². The average Bonchev–Trinajstić information content (AvgIpc) is 3.20. The molecule has 0 atom stereocenters. The first-order valence-corrected chi connectivity index (χ1v) is 7.50. The molecule has 0 bridgehead atoms. The second kappa shape index (κ2) is 5.61. The molecule has 0 amide bonds. The maximum Gasteiger partial charge on any atom is 0.336 e. The molecular weight excluding hydrogens is 338 g/mol. The van der Waals surface area contributed by atoms with Gasteiger partial charge >= 0.3 is 11.6 Å². The van der Waals surface area contributed by atoms with Gasteiger partial charge in [-0.2, -0.15) is 0 Å². The Labute approximate surface area is 129 Å². The number of aliphatic carboxylic acids is 1. The van der Waals surface area contributed by atoms with Crippen LogP contribution in [0.5, 0.6) is 0 Å². The lowest BCUT2D eigenvalue weighted by atomic mass is 10.1. The Morgan fingerprint density at radius 3 is 2.81 bits per heavy atom. The third-order valence-corrected chi connectivity index (χ3v) is 4.06. The highest BCUT2D eigenvalue weighted by Crippen LogP contribution is 2.29. The van der Waals surface area contributed by atoms with Gasteiger partial charge in [0.1, 0.15) is 5.58 Å². The maximum absolute atomic E-state index is 11.7. The lowest BCUT2D eigenvalue weighted by Gasteiger charge is -2.20. The second-order valence-electron chi connectivity index (χ2n) is 5.26. The minimum atomic E-state index is -0.850. The molecule has 1 aromatic carbocycles. The molecule has 1 aromatic heterocycles. The van der Waals surface area contributed by atoms with Crippen molar-refractivity contribution >= 4 is 32.9 Å². The fourth-order valence-electron chi connectivity index (χ4n) is 2.48. The van der Waals surface area contributed by atoms with Crippen molar-refractivity contribution in [2.24, 2.45) is 0 Å². The third kappa shape index (κ3) is 3.33. The van der Waals surface area contributed by atoms with Gasteiger partial charge in [0.15, 0.2) is 0 Å². The Balaban J connectivity index is 1.98. The van der Waals surface area contributed by atoms with E-state index in [1.54, 1.807) is 6.07 Å². The molecule has 2 aromatic rings. The molecule has 1 fully saturated rings. The zero-order valence-electron chi connectivity index (χ0n) is 11.2. The number of benzene rings is 1. The quantitative estimate of drug-likeness (QED) is 0.838. The molecule has 0 unspecified atom stereocenters. The molecule has 110 valence electrons. The highest BCUT2D eigenvalue weighted by molar-refractivity contribution is 9.10. The molecule has 3 rings (SSSR count). The van der Waals surface area contributed by atoms with E-state index in [-0.39, 0.29) is 6.54 Å². The Morgan fingerprint density at radius 1 is 1.38 bits per heavy atom. The van der Waals surface area contributed by atoms with Gasteiger partial charge in [0.2, 0.25) is 0 Å². The van der Waals surface area contributed by atoms with Crippen molar-refractivity contribution < 1.29 is 14.3 Å². The van der Waals surface area contributed by atoms with Gasteiger partial charge in [0.05, 0.1) is 6.54 Å². The van der Waals surface area contributed by atoms with Crippen LogP contribution < -0.4 is 5.63 Å². The normalized spacial score (nSPS) is 14.8. The lowest BCUT2D eigenvalue weighted by molar-refractivity contribution is -0.138. The van der Waals surface area contributed by atoms with Crippen LogP contribution in [0, 0.1) is 0 Å². The molecule has 1 heterocycles. The van der Waals surface area contributed by atoms with Crippen molar-refractivity contribution in [3.05, 3.63) is 44.7 Å². The molecule has 1 aliphatic carbocycles. The van der Waals surface area contributed by atoms with Crippen LogP contribution in [0.2, 0.25) is 0 Å². The summed E-state index contributed by atoms with van der Waals surface area (Å²) in [5, 5.41) is 9.86. The van der Waals surface area contributed by atoms with E-state index in [1.807, 2.05) is 17.0 Å². The average molecular weight is 352 g/mol. The standard InChI is InChI=1S/C15H14BrNO4/c16-10-1-4-12-9(5-15(20)21-13(12)6-10)7-17(8-14(18)19)11-2-3-11/h1,4-6,11H,2-3,7-8H2,(H,18,19). The predicted octanol–water partition coefficient (Wildman–Crippen LogP) is 2.60. The summed E-state index contributed by atoms with van der Waals surface area (Å²) >= 11 is 3.35. The highest BCUT2D eigenvalue weighted by atomic mass is 79.9. The van der Waals surface area contributed by atoms with E-state index in [4.69, 9.17) is 9.52 Å². The van der Waals surface area contributed by atoms with Crippen molar-refractivity contribution in [2.75, 3.05) is 6.54 Å². The van der Waals surface area contributed by atoms with Gasteiger partial charge in [-0.15, -0.1) is 0 Å². The minimum Gasteiger partial charge on any atom is -0.480 e. The van der Waals surface area contributed by atoms with Crippen LogP contribution >= 0.6 is 15.9 Å². The van der Waals surface area contributed by atoms with Crippen LogP contribution in [0.15, 0.2) is 37.9 Å². The number of carboxylic acids is 1. The summed E-state index contributed by atoms with van der Waals surface area (Å²) in [6, 6.07) is 7.26. The Bertz CT molecular complexity index is 751. The molecule has 1 saturated carbocycles. The number of fused-ring (bicyclic) bond motifs is 1. The largest absolute Gasteiger partial charge is 0.480 e. The fourth-order valence-corrected chi connectivity index (χ4v) is 2.82. The Kier molecular flexibility index (Phi) is 3.82. The molecule has 6 heteroatoms. The molecule has 0 spiro atoms. The molecule has 1 N–H and O–H groups in total. The van der Waals surface area contributed by atoms with Gasteiger partial charge in [-0.3, -0.25) is 9.69 Å². The van der Waals surface area contributed by atoms with Crippen molar-refractivity contribution in [2.45, 2.75) is 25.4 Å². The first-order chi connectivity index (χ1) is 10.0. The van der Waals surface area contributed by atoms with Crippen LogP contribution in [0.25, 0.3) is 11.0 Å². The van der Waals surface area contributed by atoms with Crippen LogP contribution in [0.3, 0.4) is 0 Å². The van der Waals surface area contributed by atoms with Crippen molar-refractivity contribution in [1.82, 2.24) is 4.90 Å². The van der Waals surface area contributed by atoms with Crippen LogP contribution in [0.1, 0.15) is 18.4 Å². The molecular formula is C15H14BrNO4. The van der Waals surface area contributed by atoms with E-state index < -0.39 is 11.6 Å². The van der Waals surface area contributed by atoms with E-state index in [2.05, 4.69) is 15.9 Å². The number of rotatable bonds is 5. The molecule has 21 heavy (non-hydrogen) atoms. The summed E-state index contributed by atoms with van der Waals surface area (Å²) in [5.74, 6) is -0.850. The van der Waals surface area contributed by atoms with Gasteiger partial charge in [-0.25, -0.2) is 4.79 Å². The predicted molar refractivity (Wildman–Crippen MR) is 81.3 cm³/mol. The Hall–Kier alpha value is -1.66. The zero-order valence-corrected chi connectivity index (χ0v) is 12.8. The van der Waals surface area contributed by atoms with Gasteiger partial charge in [-0.05, 0) is 36.6 Å². The summed E-state index contributed by atoms with van der Waals surface area (Å²) in [7, 11) is 0. The Morgan fingerprint density at radius 2 is 2.14 bits per heavy atom. The van der Waals surface area contributed by atoms with E-state index in [1.165, 1.54) is 6.07 Å². The summed E-state index contributed by atoms with van der Waals surface area (Å²) in [6.07, 6.45) is 2.02. The summed E-state index contributed by atoms with van der Waals surface area (Å²) in [4.78, 5) is 24.6. The summed E-state index contributed by atoms with van der Waals surface area (Å²) < 4.78 is 6.03. The maximum atomic E-state index is 11.7. The number of carboxylic acid groups (broad SMARTS) is 1. The van der Waals surface area contributed by atoms with Crippen LogP contribution in [0.4, 0.5) is 0 Å². The van der Waals surface area contributed by atoms with Crippen molar-refractivity contribution in [3.8, 4) is 0 Å². The number of hydrogen-bond acceptors (Lipinski definition) is 4. The van der Waals surface area contributed by atoms with E-state index >= 15 is 0 Å². The van der Waals surface area contributed by atoms with Gasteiger partial charge in [-0.1, -0.05) is 15.9 Å². The zero-order chi connectivity index (χ0) is 15.0. The van der Waals surface area contributed by atoms with Crippen molar-refractivity contribution in [3.63, 3.8) is 0 Å². The topological polar surface area (TPSA) is 70.8 Å². The van der Waals surface area contributed by atoms with Crippen LogP contribution in [-0.4, -0.2) is 28.6 Å². The van der Waals surface area contributed by atoms with E-state index in [0.29, 0.717) is 18.2 Å². The number of hydrogen-bond donors (Lipinski definition) is 1. The number of halogens is 1. The molecule has 0 aliphatic heterocycles.